The zero-order valence-electron chi connectivity index (χ0n) is 18.9. The van der Waals surface area contributed by atoms with Crippen LogP contribution in [0.2, 0.25) is 0 Å². The van der Waals surface area contributed by atoms with Gasteiger partial charge in [-0.25, -0.2) is 0 Å². The molecular weight excluding hydrogens is 364 g/mol. The van der Waals surface area contributed by atoms with Crippen LogP contribution in [0.4, 0.5) is 0 Å². The number of benzene rings is 2. The molecule has 0 saturated heterocycles. The van der Waals surface area contributed by atoms with Gasteiger partial charge >= 0.3 is 0 Å². The molecule has 0 aliphatic rings. The van der Waals surface area contributed by atoms with Crippen molar-refractivity contribution in [2.24, 2.45) is 5.41 Å². The van der Waals surface area contributed by atoms with Crippen LogP contribution in [0, 0.1) is 5.41 Å². The molecule has 4 nitrogen and oxygen atoms in total. The summed E-state index contributed by atoms with van der Waals surface area (Å²) in [5.41, 5.74) is 1.61. The topological polar surface area (TPSA) is 47.9 Å². The predicted molar refractivity (Wildman–Crippen MR) is 117 cm³/mol. The van der Waals surface area contributed by atoms with Crippen LogP contribution in [0.25, 0.3) is 0 Å². The second-order valence-corrected chi connectivity index (χ2v) is 9.18. The molecule has 0 fully saturated rings. The lowest BCUT2D eigenvalue weighted by atomic mass is 9.81. The van der Waals surface area contributed by atoms with Gasteiger partial charge in [-0.15, -0.1) is 0 Å². The lowest BCUT2D eigenvalue weighted by Gasteiger charge is -2.32. The van der Waals surface area contributed by atoms with Crippen molar-refractivity contribution in [3.8, 4) is 11.5 Å². The van der Waals surface area contributed by atoms with Gasteiger partial charge in [0.1, 0.15) is 17.1 Å². The zero-order chi connectivity index (χ0) is 21.7. The molecule has 4 heteroatoms. The third-order valence-electron chi connectivity index (χ3n) is 5.20. The smallest absolute Gasteiger partial charge is 0.224 e. The standard InChI is InChI=1S/C25H36O4/c1-8-25(5,6)22(27-7)16-18-11-9-12-19(15-18)23(26)28-20-13-10-14-21(17-20)29-24(2,3)4/h9-15,17,22-23,26H,8,16H2,1-7H3. The van der Waals surface area contributed by atoms with E-state index in [-0.39, 0.29) is 17.1 Å². The molecule has 160 valence electrons. The summed E-state index contributed by atoms with van der Waals surface area (Å²) in [6.45, 7) is 12.6. The van der Waals surface area contributed by atoms with E-state index in [0.29, 0.717) is 17.1 Å². The van der Waals surface area contributed by atoms with Crippen molar-refractivity contribution in [1.29, 1.82) is 0 Å². The molecule has 2 rings (SSSR count). The summed E-state index contributed by atoms with van der Waals surface area (Å²) in [6.07, 6.45) is 0.864. The minimum Gasteiger partial charge on any atom is -0.488 e. The Morgan fingerprint density at radius 3 is 2.21 bits per heavy atom. The molecule has 29 heavy (non-hydrogen) atoms. The molecule has 0 amide bonds. The minimum atomic E-state index is -1.06. The summed E-state index contributed by atoms with van der Waals surface area (Å²) >= 11 is 0. The van der Waals surface area contributed by atoms with Gasteiger partial charge in [-0.2, -0.15) is 0 Å². The lowest BCUT2D eigenvalue weighted by molar-refractivity contribution is -0.0199. The number of ether oxygens (including phenoxy) is 3. The van der Waals surface area contributed by atoms with E-state index in [1.807, 2.05) is 57.2 Å². The van der Waals surface area contributed by atoms with Crippen LogP contribution in [-0.2, 0) is 11.2 Å². The molecule has 0 aliphatic carbocycles. The second-order valence-electron chi connectivity index (χ2n) is 9.18. The second kappa shape index (κ2) is 9.64. The summed E-state index contributed by atoms with van der Waals surface area (Å²) < 4.78 is 17.4. The number of rotatable bonds is 9. The molecule has 0 bridgehead atoms. The van der Waals surface area contributed by atoms with Gasteiger partial charge in [0.2, 0.25) is 6.29 Å². The van der Waals surface area contributed by atoms with E-state index in [2.05, 4.69) is 26.8 Å². The van der Waals surface area contributed by atoms with E-state index in [9.17, 15) is 5.11 Å². The van der Waals surface area contributed by atoms with Crippen molar-refractivity contribution < 1.29 is 19.3 Å². The summed E-state index contributed by atoms with van der Waals surface area (Å²) in [4.78, 5) is 0. The average Bonchev–Trinajstić information content (AvgIpc) is 2.65. The number of aliphatic hydroxyl groups excluding tert-OH is 1. The maximum Gasteiger partial charge on any atom is 0.224 e. The largest absolute Gasteiger partial charge is 0.488 e. The maximum absolute atomic E-state index is 10.6. The Kier molecular flexibility index (Phi) is 7.73. The Morgan fingerprint density at radius 2 is 1.59 bits per heavy atom. The number of methoxy groups -OCH3 is 1. The number of hydrogen-bond donors (Lipinski definition) is 1. The van der Waals surface area contributed by atoms with Crippen molar-refractivity contribution in [3.63, 3.8) is 0 Å². The molecule has 0 aliphatic heterocycles. The normalized spacial score (nSPS) is 14.3. The fraction of sp³-hybridized carbons (Fsp3) is 0.520. The fourth-order valence-electron chi connectivity index (χ4n) is 3.16. The van der Waals surface area contributed by atoms with Crippen LogP contribution in [0.5, 0.6) is 11.5 Å². The third kappa shape index (κ3) is 7.06. The van der Waals surface area contributed by atoms with E-state index in [4.69, 9.17) is 14.2 Å². The molecule has 2 unspecified atom stereocenters. The number of hydrogen-bond acceptors (Lipinski definition) is 4. The van der Waals surface area contributed by atoms with Crippen molar-refractivity contribution >= 4 is 0 Å². The first-order valence-corrected chi connectivity index (χ1v) is 10.3. The van der Waals surface area contributed by atoms with Crippen LogP contribution < -0.4 is 9.47 Å². The van der Waals surface area contributed by atoms with Crippen molar-refractivity contribution in [2.45, 2.75) is 72.4 Å². The van der Waals surface area contributed by atoms with Gasteiger partial charge in [-0.1, -0.05) is 45.0 Å². The Morgan fingerprint density at radius 1 is 0.931 bits per heavy atom. The van der Waals surface area contributed by atoms with Crippen molar-refractivity contribution in [1.82, 2.24) is 0 Å². The highest BCUT2D eigenvalue weighted by Crippen LogP contribution is 2.31. The molecule has 0 saturated carbocycles. The van der Waals surface area contributed by atoms with E-state index in [0.717, 1.165) is 18.4 Å². The summed E-state index contributed by atoms with van der Waals surface area (Å²) in [5.74, 6) is 1.27. The van der Waals surface area contributed by atoms with Crippen LogP contribution in [0.15, 0.2) is 48.5 Å². The Hall–Kier alpha value is -2.04. The molecule has 0 aromatic heterocycles. The quantitative estimate of drug-likeness (QED) is 0.530. The molecule has 0 heterocycles. The molecule has 2 aromatic carbocycles. The molecule has 0 spiro atoms. The van der Waals surface area contributed by atoms with E-state index in [1.54, 1.807) is 13.2 Å². The first kappa shape index (κ1) is 23.2. The van der Waals surface area contributed by atoms with E-state index in [1.165, 1.54) is 0 Å². The van der Waals surface area contributed by atoms with Gasteiger partial charge in [0.05, 0.1) is 6.10 Å². The number of aliphatic hydroxyl groups is 1. The van der Waals surface area contributed by atoms with Gasteiger partial charge in [0.15, 0.2) is 0 Å². The third-order valence-corrected chi connectivity index (χ3v) is 5.20. The first-order valence-electron chi connectivity index (χ1n) is 10.3. The van der Waals surface area contributed by atoms with Crippen LogP contribution in [-0.4, -0.2) is 23.9 Å². The van der Waals surface area contributed by atoms with Gasteiger partial charge in [0, 0.05) is 18.7 Å². The summed E-state index contributed by atoms with van der Waals surface area (Å²) in [6, 6.07) is 15.2. The van der Waals surface area contributed by atoms with Crippen LogP contribution in [0.1, 0.15) is 65.4 Å². The van der Waals surface area contributed by atoms with Gasteiger partial charge < -0.3 is 19.3 Å². The molecule has 1 N–H and O–H groups in total. The summed E-state index contributed by atoms with van der Waals surface area (Å²) in [7, 11) is 1.76. The van der Waals surface area contributed by atoms with E-state index >= 15 is 0 Å². The lowest BCUT2D eigenvalue weighted by Crippen LogP contribution is -2.32. The molecule has 0 radical (unpaired) electrons. The molecule has 2 aromatic rings. The van der Waals surface area contributed by atoms with Crippen molar-refractivity contribution in [3.05, 3.63) is 59.7 Å². The SMILES string of the molecule is CCC(C)(C)C(Cc1cccc(C(O)Oc2cccc(OC(C)(C)C)c2)c1)OC. The van der Waals surface area contributed by atoms with Gasteiger partial charge in [0.25, 0.3) is 0 Å². The van der Waals surface area contributed by atoms with Gasteiger partial charge in [-0.3, -0.25) is 0 Å². The van der Waals surface area contributed by atoms with Crippen LogP contribution in [0.3, 0.4) is 0 Å². The molecular formula is C25H36O4. The van der Waals surface area contributed by atoms with Crippen LogP contribution >= 0.6 is 0 Å². The van der Waals surface area contributed by atoms with Gasteiger partial charge in [-0.05, 0) is 62.8 Å². The monoisotopic (exact) mass is 400 g/mol. The van der Waals surface area contributed by atoms with Crippen molar-refractivity contribution in [2.75, 3.05) is 7.11 Å². The Balaban J connectivity index is 2.11. The maximum atomic E-state index is 10.6. The highest BCUT2D eigenvalue weighted by Gasteiger charge is 2.28. The summed E-state index contributed by atoms with van der Waals surface area (Å²) in [5, 5.41) is 10.6. The highest BCUT2D eigenvalue weighted by molar-refractivity contribution is 5.34. The highest BCUT2D eigenvalue weighted by atomic mass is 16.6. The average molecular weight is 401 g/mol. The Labute approximate surface area is 175 Å². The fourth-order valence-corrected chi connectivity index (χ4v) is 3.16. The Bertz CT molecular complexity index is 776. The minimum absolute atomic E-state index is 0.0768. The zero-order valence-corrected chi connectivity index (χ0v) is 18.9. The first-order chi connectivity index (χ1) is 13.5. The van der Waals surface area contributed by atoms with E-state index < -0.39 is 6.29 Å². The molecule has 2 atom stereocenters. The predicted octanol–water partition coefficient (Wildman–Crippen LogP) is 5.93.